The summed E-state index contributed by atoms with van der Waals surface area (Å²) in [6, 6.07) is 7.08. The van der Waals surface area contributed by atoms with Gasteiger partial charge in [0.1, 0.15) is 0 Å². The van der Waals surface area contributed by atoms with Gasteiger partial charge in [-0.3, -0.25) is 0 Å². The van der Waals surface area contributed by atoms with Gasteiger partial charge in [0, 0.05) is 13.1 Å². The highest BCUT2D eigenvalue weighted by Gasteiger charge is 2.10. The number of halogens is 1. The molecule has 1 aromatic rings. The lowest BCUT2D eigenvalue weighted by molar-refractivity contribution is 0.217. The molecule has 0 aliphatic carbocycles. The minimum atomic E-state index is -0.117. The number of nitrogens with one attached hydrogen (secondary N) is 1. The van der Waals surface area contributed by atoms with Gasteiger partial charge in [0.2, 0.25) is 0 Å². The van der Waals surface area contributed by atoms with E-state index in [1.165, 1.54) is 0 Å². The monoisotopic (exact) mass is 226 g/mol. The summed E-state index contributed by atoms with van der Waals surface area (Å²) >= 11 is 5.93. The van der Waals surface area contributed by atoms with Crippen molar-refractivity contribution in [1.82, 2.24) is 4.90 Å². The van der Waals surface area contributed by atoms with Crippen LogP contribution in [0.1, 0.15) is 13.8 Å². The number of rotatable bonds is 3. The lowest BCUT2D eigenvalue weighted by atomic mass is 10.3. The van der Waals surface area contributed by atoms with Crippen LogP contribution in [-0.2, 0) is 0 Å². The zero-order valence-corrected chi connectivity index (χ0v) is 9.71. The molecule has 0 fully saturated rings. The van der Waals surface area contributed by atoms with Crippen molar-refractivity contribution in [2.24, 2.45) is 0 Å². The van der Waals surface area contributed by atoms with Crippen molar-refractivity contribution >= 4 is 23.3 Å². The maximum absolute atomic E-state index is 11.7. The Bertz CT molecular complexity index is 337. The third-order valence-corrected chi connectivity index (χ3v) is 2.50. The molecule has 0 unspecified atom stereocenters. The Morgan fingerprint density at radius 2 is 1.93 bits per heavy atom. The van der Waals surface area contributed by atoms with Crippen molar-refractivity contribution < 1.29 is 4.79 Å². The summed E-state index contributed by atoms with van der Waals surface area (Å²) in [5, 5.41) is 3.32. The first-order chi connectivity index (χ1) is 7.19. The second kappa shape index (κ2) is 5.61. The van der Waals surface area contributed by atoms with Crippen LogP contribution >= 0.6 is 11.6 Å². The molecule has 0 spiro atoms. The third kappa shape index (κ3) is 3.13. The number of amides is 2. The number of carbonyl (C=O) groups excluding carboxylic acids is 1. The maximum Gasteiger partial charge on any atom is 0.321 e. The number of carbonyl (C=O) groups is 1. The molecule has 0 saturated heterocycles. The molecular weight excluding hydrogens is 212 g/mol. The number of nitrogens with zero attached hydrogens (tertiary/aromatic N) is 1. The van der Waals surface area contributed by atoms with Crippen LogP contribution in [0.5, 0.6) is 0 Å². The van der Waals surface area contributed by atoms with E-state index in [1.807, 2.05) is 26.0 Å². The summed E-state index contributed by atoms with van der Waals surface area (Å²) in [7, 11) is 0. The topological polar surface area (TPSA) is 32.3 Å². The summed E-state index contributed by atoms with van der Waals surface area (Å²) in [6.45, 7) is 5.25. The number of hydrogen-bond acceptors (Lipinski definition) is 1. The highest BCUT2D eigenvalue weighted by Crippen LogP contribution is 2.20. The molecule has 0 aliphatic rings. The van der Waals surface area contributed by atoms with Crippen molar-refractivity contribution in [3.05, 3.63) is 29.3 Å². The second-order valence-electron chi connectivity index (χ2n) is 3.08. The zero-order valence-electron chi connectivity index (χ0n) is 8.96. The molecule has 4 heteroatoms. The van der Waals surface area contributed by atoms with Crippen LogP contribution in [-0.4, -0.2) is 24.0 Å². The van der Waals surface area contributed by atoms with Gasteiger partial charge in [-0.25, -0.2) is 4.79 Å². The molecule has 0 aliphatic heterocycles. The van der Waals surface area contributed by atoms with E-state index < -0.39 is 0 Å². The number of hydrogen-bond donors (Lipinski definition) is 1. The SMILES string of the molecule is CCN(CC)C(=O)Nc1ccccc1Cl. The normalized spacial score (nSPS) is 9.80. The molecule has 0 saturated carbocycles. The van der Waals surface area contributed by atoms with Crippen molar-refractivity contribution in [2.75, 3.05) is 18.4 Å². The predicted octanol–water partition coefficient (Wildman–Crippen LogP) is 3.21. The predicted molar refractivity (Wildman–Crippen MR) is 63.4 cm³/mol. The summed E-state index contributed by atoms with van der Waals surface area (Å²) in [5.74, 6) is 0. The molecule has 15 heavy (non-hydrogen) atoms. The minimum absolute atomic E-state index is 0.117. The van der Waals surface area contributed by atoms with Gasteiger partial charge in [0.05, 0.1) is 10.7 Å². The summed E-state index contributed by atoms with van der Waals surface area (Å²) < 4.78 is 0. The van der Waals surface area contributed by atoms with E-state index in [0.29, 0.717) is 23.8 Å². The Kier molecular flexibility index (Phi) is 4.43. The Hall–Kier alpha value is -1.22. The molecule has 2 amide bonds. The molecular formula is C11H15ClN2O. The van der Waals surface area contributed by atoms with Crippen molar-refractivity contribution in [3.63, 3.8) is 0 Å². The van der Waals surface area contributed by atoms with Crippen molar-refractivity contribution in [3.8, 4) is 0 Å². The number of para-hydroxylation sites is 1. The lowest BCUT2D eigenvalue weighted by Gasteiger charge is -2.19. The molecule has 1 N–H and O–H groups in total. The first kappa shape index (κ1) is 11.9. The molecule has 1 rings (SSSR count). The van der Waals surface area contributed by atoms with E-state index in [1.54, 1.807) is 17.0 Å². The Morgan fingerprint density at radius 3 is 2.47 bits per heavy atom. The molecule has 1 aromatic carbocycles. The number of urea groups is 1. The first-order valence-corrected chi connectivity index (χ1v) is 5.37. The Labute approximate surface area is 95.0 Å². The standard InChI is InChI=1S/C11H15ClN2O/c1-3-14(4-2)11(15)13-10-8-6-5-7-9(10)12/h5-8H,3-4H2,1-2H3,(H,13,15). The largest absolute Gasteiger partial charge is 0.325 e. The van der Waals surface area contributed by atoms with Gasteiger partial charge in [-0.15, -0.1) is 0 Å². The van der Waals surface area contributed by atoms with Crippen LogP contribution in [0.15, 0.2) is 24.3 Å². The molecule has 0 bridgehead atoms. The van der Waals surface area contributed by atoms with Crippen LogP contribution in [0.3, 0.4) is 0 Å². The quantitative estimate of drug-likeness (QED) is 0.844. The summed E-state index contributed by atoms with van der Waals surface area (Å²) in [4.78, 5) is 13.4. The Balaban J connectivity index is 2.70. The van der Waals surface area contributed by atoms with Crippen LogP contribution in [0.4, 0.5) is 10.5 Å². The van der Waals surface area contributed by atoms with Crippen LogP contribution in [0.25, 0.3) is 0 Å². The van der Waals surface area contributed by atoms with Gasteiger partial charge in [0.15, 0.2) is 0 Å². The van der Waals surface area contributed by atoms with E-state index in [9.17, 15) is 4.79 Å². The average Bonchev–Trinajstić information content (AvgIpc) is 2.23. The molecule has 0 radical (unpaired) electrons. The maximum atomic E-state index is 11.7. The molecule has 0 atom stereocenters. The van der Waals surface area contributed by atoms with Crippen molar-refractivity contribution in [1.29, 1.82) is 0 Å². The average molecular weight is 227 g/mol. The highest BCUT2D eigenvalue weighted by molar-refractivity contribution is 6.33. The van der Waals surface area contributed by atoms with Gasteiger partial charge in [-0.1, -0.05) is 23.7 Å². The van der Waals surface area contributed by atoms with Gasteiger partial charge >= 0.3 is 6.03 Å². The van der Waals surface area contributed by atoms with Crippen LogP contribution in [0.2, 0.25) is 5.02 Å². The molecule has 0 aromatic heterocycles. The fraction of sp³-hybridized carbons (Fsp3) is 0.364. The first-order valence-electron chi connectivity index (χ1n) is 4.99. The summed E-state index contributed by atoms with van der Waals surface area (Å²) in [6.07, 6.45) is 0. The van der Waals surface area contributed by atoms with Gasteiger partial charge in [-0.2, -0.15) is 0 Å². The van der Waals surface area contributed by atoms with E-state index in [-0.39, 0.29) is 6.03 Å². The smallest absolute Gasteiger partial charge is 0.321 e. The fourth-order valence-corrected chi connectivity index (χ4v) is 1.45. The van der Waals surface area contributed by atoms with E-state index >= 15 is 0 Å². The van der Waals surface area contributed by atoms with Gasteiger partial charge in [0.25, 0.3) is 0 Å². The third-order valence-electron chi connectivity index (χ3n) is 2.17. The van der Waals surface area contributed by atoms with Gasteiger partial charge in [-0.05, 0) is 26.0 Å². The number of anilines is 1. The minimum Gasteiger partial charge on any atom is -0.325 e. The van der Waals surface area contributed by atoms with E-state index in [0.717, 1.165) is 0 Å². The van der Waals surface area contributed by atoms with E-state index in [2.05, 4.69) is 5.32 Å². The summed E-state index contributed by atoms with van der Waals surface area (Å²) in [5.41, 5.74) is 0.649. The zero-order chi connectivity index (χ0) is 11.3. The number of benzene rings is 1. The second-order valence-corrected chi connectivity index (χ2v) is 3.49. The fourth-order valence-electron chi connectivity index (χ4n) is 1.27. The Morgan fingerprint density at radius 1 is 1.33 bits per heavy atom. The molecule has 82 valence electrons. The molecule has 0 heterocycles. The van der Waals surface area contributed by atoms with Crippen molar-refractivity contribution in [2.45, 2.75) is 13.8 Å². The molecule has 3 nitrogen and oxygen atoms in total. The van der Waals surface area contributed by atoms with Gasteiger partial charge < -0.3 is 10.2 Å². The highest BCUT2D eigenvalue weighted by atomic mass is 35.5. The van der Waals surface area contributed by atoms with Crippen LogP contribution in [0, 0.1) is 0 Å². The van der Waals surface area contributed by atoms with E-state index in [4.69, 9.17) is 11.6 Å². The van der Waals surface area contributed by atoms with Crippen LogP contribution < -0.4 is 5.32 Å². The lowest BCUT2D eigenvalue weighted by Crippen LogP contribution is -2.34.